The standard InChI is InChI=1S/C20H27N3O3/c1-21-20(22-13-8-14-26-17-10-5-4-6-11-17)23-15-16-9-7-12-18(24-2)19(16)25-3/h4-7,9-12H,8,13-15H2,1-3H3,(H2,21,22,23). The monoisotopic (exact) mass is 357 g/mol. The highest BCUT2D eigenvalue weighted by molar-refractivity contribution is 5.79. The maximum atomic E-state index is 5.68. The van der Waals surface area contributed by atoms with E-state index < -0.39 is 0 Å². The Balaban J connectivity index is 1.74. The lowest BCUT2D eigenvalue weighted by Gasteiger charge is -2.15. The summed E-state index contributed by atoms with van der Waals surface area (Å²) in [7, 11) is 5.02. The van der Waals surface area contributed by atoms with Crippen molar-refractivity contribution in [1.29, 1.82) is 0 Å². The fraction of sp³-hybridized carbons (Fsp3) is 0.350. The second-order valence-corrected chi connectivity index (χ2v) is 5.52. The molecule has 0 aliphatic rings. The fourth-order valence-corrected chi connectivity index (χ4v) is 2.48. The predicted octanol–water partition coefficient (Wildman–Crippen LogP) is 2.84. The first-order chi connectivity index (χ1) is 12.8. The summed E-state index contributed by atoms with van der Waals surface area (Å²) in [6.45, 7) is 2.00. The van der Waals surface area contributed by atoms with E-state index in [0.717, 1.165) is 36.0 Å². The predicted molar refractivity (Wildman–Crippen MR) is 104 cm³/mol. The van der Waals surface area contributed by atoms with Crippen molar-refractivity contribution in [2.45, 2.75) is 13.0 Å². The zero-order valence-corrected chi connectivity index (χ0v) is 15.6. The molecule has 0 bridgehead atoms. The third-order valence-electron chi connectivity index (χ3n) is 3.78. The van der Waals surface area contributed by atoms with E-state index in [1.807, 2.05) is 48.5 Å². The van der Waals surface area contributed by atoms with Gasteiger partial charge in [-0.1, -0.05) is 30.3 Å². The van der Waals surface area contributed by atoms with Crippen LogP contribution in [0.2, 0.25) is 0 Å². The molecule has 2 N–H and O–H groups in total. The molecule has 26 heavy (non-hydrogen) atoms. The summed E-state index contributed by atoms with van der Waals surface area (Å²) >= 11 is 0. The lowest BCUT2D eigenvalue weighted by molar-refractivity contribution is 0.311. The Morgan fingerprint density at radius 2 is 1.77 bits per heavy atom. The van der Waals surface area contributed by atoms with E-state index >= 15 is 0 Å². The molecule has 0 heterocycles. The van der Waals surface area contributed by atoms with Crippen LogP contribution >= 0.6 is 0 Å². The maximum absolute atomic E-state index is 5.68. The Bertz CT molecular complexity index is 690. The van der Waals surface area contributed by atoms with Gasteiger partial charge in [-0.15, -0.1) is 0 Å². The lowest BCUT2D eigenvalue weighted by atomic mass is 10.2. The minimum absolute atomic E-state index is 0.584. The molecule has 2 rings (SSSR count). The largest absolute Gasteiger partial charge is 0.494 e. The number of ether oxygens (including phenoxy) is 3. The number of nitrogens with zero attached hydrogens (tertiary/aromatic N) is 1. The molecule has 6 heteroatoms. The Hall–Kier alpha value is -2.89. The van der Waals surface area contributed by atoms with Crippen LogP contribution in [0.25, 0.3) is 0 Å². The summed E-state index contributed by atoms with van der Waals surface area (Å²) in [4.78, 5) is 4.24. The Kier molecular flexibility index (Phi) is 8.12. The van der Waals surface area contributed by atoms with Gasteiger partial charge in [0.2, 0.25) is 0 Å². The third kappa shape index (κ3) is 5.88. The number of aliphatic imine (C=N–C) groups is 1. The molecule has 6 nitrogen and oxygen atoms in total. The van der Waals surface area contributed by atoms with Crippen molar-refractivity contribution in [3.63, 3.8) is 0 Å². The van der Waals surface area contributed by atoms with Crippen molar-refractivity contribution >= 4 is 5.96 Å². The summed E-state index contributed by atoms with van der Waals surface area (Å²) in [6.07, 6.45) is 0.873. The molecule has 0 radical (unpaired) electrons. The van der Waals surface area contributed by atoms with Crippen LogP contribution in [0.15, 0.2) is 53.5 Å². The number of para-hydroxylation sites is 2. The topological polar surface area (TPSA) is 64.1 Å². The Morgan fingerprint density at radius 1 is 0.962 bits per heavy atom. The molecule has 0 aliphatic carbocycles. The van der Waals surface area contributed by atoms with E-state index in [2.05, 4.69) is 15.6 Å². The van der Waals surface area contributed by atoms with Gasteiger partial charge in [0.25, 0.3) is 0 Å². The van der Waals surface area contributed by atoms with E-state index in [4.69, 9.17) is 14.2 Å². The van der Waals surface area contributed by atoms with E-state index in [1.165, 1.54) is 0 Å². The molecular formula is C20H27N3O3. The summed E-state index contributed by atoms with van der Waals surface area (Å²) < 4.78 is 16.4. The Labute approximate surface area is 155 Å². The number of hydrogen-bond acceptors (Lipinski definition) is 4. The van der Waals surface area contributed by atoms with Gasteiger partial charge in [0.05, 0.1) is 20.8 Å². The molecule has 140 valence electrons. The molecule has 0 atom stereocenters. The molecule has 0 amide bonds. The van der Waals surface area contributed by atoms with Crippen molar-refractivity contribution in [1.82, 2.24) is 10.6 Å². The first-order valence-electron chi connectivity index (χ1n) is 8.60. The second kappa shape index (κ2) is 10.9. The molecule has 0 aromatic heterocycles. The minimum atomic E-state index is 0.584. The van der Waals surface area contributed by atoms with Crippen LogP contribution in [0, 0.1) is 0 Å². The van der Waals surface area contributed by atoms with Crippen LogP contribution in [0.1, 0.15) is 12.0 Å². The van der Waals surface area contributed by atoms with E-state index in [0.29, 0.717) is 18.9 Å². The van der Waals surface area contributed by atoms with Crippen molar-refractivity contribution in [2.24, 2.45) is 4.99 Å². The van der Waals surface area contributed by atoms with Gasteiger partial charge < -0.3 is 24.8 Å². The van der Waals surface area contributed by atoms with Gasteiger partial charge in [0, 0.05) is 25.7 Å². The molecule has 0 fully saturated rings. The first-order valence-corrected chi connectivity index (χ1v) is 8.60. The normalized spacial score (nSPS) is 11.0. The molecule has 0 unspecified atom stereocenters. The smallest absolute Gasteiger partial charge is 0.191 e. The van der Waals surface area contributed by atoms with Crippen LogP contribution in [-0.4, -0.2) is 40.4 Å². The summed E-state index contributed by atoms with van der Waals surface area (Å²) in [5.74, 6) is 3.07. The zero-order chi connectivity index (χ0) is 18.6. The molecule has 0 saturated carbocycles. The average Bonchev–Trinajstić information content (AvgIpc) is 2.70. The summed E-state index contributed by atoms with van der Waals surface area (Å²) in [6, 6.07) is 15.6. The average molecular weight is 357 g/mol. The van der Waals surface area contributed by atoms with E-state index in [9.17, 15) is 0 Å². The third-order valence-corrected chi connectivity index (χ3v) is 3.78. The molecular weight excluding hydrogens is 330 g/mol. The highest BCUT2D eigenvalue weighted by Crippen LogP contribution is 2.30. The number of benzene rings is 2. The number of rotatable bonds is 9. The van der Waals surface area contributed by atoms with Gasteiger partial charge in [-0.2, -0.15) is 0 Å². The van der Waals surface area contributed by atoms with Gasteiger partial charge in [-0.3, -0.25) is 4.99 Å². The zero-order valence-electron chi connectivity index (χ0n) is 15.6. The maximum Gasteiger partial charge on any atom is 0.191 e. The number of hydrogen-bond donors (Lipinski definition) is 2. The number of guanidine groups is 1. The highest BCUT2D eigenvalue weighted by Gasteiger charge is 2.09. The van der Waals surface area contributed by atoms with Crippen LogP contribution in [0.4, 0.5) is 0 Å². The molecule has 2 aromatic carbocycles. The van der Waals surface area contributed by atoms with E-state index in [1.54, 1.807) is 21.3 Å². The van der Waals surface area contributed by atoms with Gasteiger partial charge in [0.15, 0.2) is 17.5 Å². The van der Waals surface area contributed by atoms with Crippen molar-refractivity contribution < 1.29 is 14.2 Å². The van der Waals surface area contributed by atoms with E-state index in [-0.39, 0.29) is 0 Å². The highest BCUT2D eigenvalue weighted by atomic mass is 16.5. The lowest BCUT2D eigenvalue weighted by Crippen LogP contribution is -2.37. The molecule has 2 aromatic rings. The minimum Gasteiger partial charge on any atom is -0.494 e. The van der Waals surface area contributed by atoms with Crippen molar-refractivity contribution in [3.8, 4) is 17.2 Å². The first kappa shape index (κ1) is 19.4. The quantitative estimate of drug-likeness (QED) is 0.410. The van der Waals surface area contributed by atoms with Gasteiger partial charge >= 0.3 is 0 Å². The van der Waals surface area contributed by atoms with Crippen LogP contribution < -0.4 is 24.8 Å². The van der Waals surface area contributed by atoms with Crippen LogP contribution in [-0.2, 0) is 6.54 Å². The Morgan fingerprint density at radius 3 is 2.46 bits per heavy atom. The molecule has 0 spiro atoms. The fourth-order valence-electron chi connectivity index (χ4n) is 2.48. The molecule has 0 saturated heterocycles. The van der Waals surface area contributed by atoms with Gasteiger partial charge in [0.1, 0.15) is 5.75 Å². The summed E-state index contributed by atoms with van der Waals surface area (Å²) in [5, 5.41) is 6.56. The van der Waals surface area contributed by atoms with Gasteiger partial charge in [-0.25, -0.2) is 0 Å². The van der Waals surface area contributed by atoms with Crippen LogP contribution in [0.5, 0.6) is 17.2 Å². The SMILES string of the molecule is CN=C(NCCCOc1ccccc1)NCc1cccc(OC)c1OC. The number of nitrogens with one attached hydrogen (secondary N) is 2. The summed E-state index contributed by atoms with van der Waals surface area (Å²) in [5.41, 5.74) is 1.00. The second-order valence-electron chi connectivity index (χ2n) is 5.52. The van der Waals surface area contributed by atoms with Crippen molar-refractivity contribution in [3.05, 3.63) is 54.1 Å². The van der Waals surface area contributed by atoms with Crippen molar-refractivity contribution in [2.75, 3.05) is 34.4 Å². The van der Waals surface area contributed by atoms with Crippen LogP contribution in [0.3, 0.4) is 0 Å². The molecule has 0 aliphatic heterocycles. The number of methoxy groups -OCH3 is 2. The van der Waals surface area contributed by atoms with Gasteiger partial charge in [-0.05, 0) is 24.6 Å².